The Morgan fingerprint density at radius 3 is 2.57 bits per heavy atom. The Kier molecular flexibility index (Phi) is 3.78. The van der Waals surface area contributed by atoms with Gasteiger partial charge in [-0.2, -0.15) is 0 Å². The summed E-state index contributed by atoms with van der Waals surface area (Å²) in [6, 6.07) is 12.9. The molecule has 0 bridgehead atoms. The number of nitrogens with one attached hydrogen (secondary N) is 2. The van der Waals surface area contributed by atoms with Crippen LogP contribution < -0.4 is 10.0 Å². The highest BCUT2D eigenvalue weighted by atomic mass is 32.2. The molecule has 0 unspecified atom stereocenters. The van der Waals surface area contributed by atoms with Crippen molar-refractivity contribution in [3.8, 4) is 0 Å². The minimum atomic E-state index is -4.03. The molecule has 1 amide bonds. The Morgan fingerprint density at radius 2 is 1.80 bits per heavy atom. The normalized spacial score (nSPS) is 13.1. The van der Waals surface area contributed by atoms with E-state index in [0.717, 1.165) is 0 Å². The molecule has 2 N–H and O–H groups in total. The molecule has 5 rings (SSSR count). The average Bonchev–Trinajstić information content (AvgIpc) is 3.20. The van der Waals surface area contributed by atoms with Gasteiger partial charge in [0.1, 0.15) is 11.3 Å². The Labute approximate surface area is 171 Å². The Morgan fingerprint density at radius 1 is 1.03 bits per heavy atom. The molecule has 150 valence electrons. The number of carbonyl (C=O) groups excluding carboxylic acids is 2. The fourth-order valence-corrected chi connectivity index (χ4v) is 5.35. The maximum absolute atomic E-state index is 13.3. The van der Waals surface area contributed by atoms with Gasteiger partial charge < -0.3 is 9.73 Å². The molecule has 0 radical (unpaired) electrons. The molecule has 4 aromatic rings. The monoisotopic (exact) mass is 420 g/mol. The van der Waals surface area contributed by atoms with E-state index in [0.29, 0.717) is 44.3 Å². The third-order valence-electron chi connectivity index (χ3n) is 5.27. The predicted octanol–water partition coefficient (Wildman–Crippen LogP) is 4.46. The average molecular weight is 420 g/mol. The van der Waals surface area contributed by atoms with E-state index in [1.807, 2.05) is 0 Å². The number of rotatable bonds is 4. The van der Waals surface area contributed by atoms with Gasteiger partial charge in [0.15, 0.2) is 5.78 Å². The number of amides is 1. The summed E-state index contributed by atoms with van der Waals surface area (Å²) in [6.45, 7) is 3.08. The highest BCUT2D eigenvalue weighted by Crippen LogP contribution is 2.38. The van der Waals surface area contributed by atoms with Crippen LogP contribution in [-0.2, 0) is 10.0 Å². The van der Waals surface area contributed by atoms with Crippen molar-refractivity contribution in [1.29, 1.82) is 0 Å². The molecular formula is C22H16N2O5S. The molecule has 1 aliphatic heterocycles. The minimum Gasteiger partial charge on any atom is -0.461 e. The molecule has 1 aliphatic rings. The number of hydrogen-bond acceptors (Lipinski definition) is 5. The van der Waals surface area contributed by atoms with Crippen LogP contribution in [0.25, 0.3) is 21.7 Å². The van der Waals surface area contributed by atoms with Crippen LogP contribution >= 0.6 is 0 Å². The van der Waals surface area contributed by atoms with Gasteiger partial charge in [0.2, 0.25) is 0 Å². The number of Topliss-reactive ketones (excluding diaryl/α,β-unsaturated/α-hetero) is 1. The summed E-state index contributed by atoms with van der Waals surface area (Å²) in [5, 5.41) is 4.19. The molecule has 8 heteroatoms. The van der Waals surface area contributed by atoms with Crippen molar-refractivity contribution in [3.05, 3.63) is 65.4 Å². The zero-order valence-electron chi connectivity index (χ0n) is 16.1. The number of benzene rings is 3. The molecular weight excluding hydrogens is 404 g/mol. The van der Waals surface area contributed by atoms with Crippen molar-refractivity contribution in [3.63, 3.8) is 0 Å². The van der Waals surface area contributed by atoms with Crippen LogP contribution in [0.15, 0.2) is 57.8 Å². The van der Waals surface area contributed by atoms with Crippen LogP contribution in [0.1, 0.15) is 33.4 Å². The van der Waals surface area contributed by atoms with Crippen LogP contribution in [0.5, 0.6) is 0 Å². The first kappa shape index (κ1) is 18.4. The molecule has 2 heterocycles. The number of anilines is 2. The molecule has 0 saturated carbocycles. The topological polar surface area (TPSA) is 105 Å². The lowest BCUT2D eigenvalue weighted by atomic mass is 10.1. The first-order valence-electron chi connectivity index (χ1n) is 9.21. The highest BCUT2D eigenvalue weighted by molar-refractivity contribution is 7.93. The van der Waals surface area contributed by atoms with Crippen molar-refractivity contribution in [2.45, 2.75) is 18.7 Å². The number of hydrogen-bond donors (Lipinski definition) is 2. The lowest BCUT2D eigenvalue weighted by Gasteiger charge is -2.12. The summed E-state index contributed by atoms with van der Waals surface area (Å²) >= 11 is 0. The standard InChI is InChI=1S/C22H16N2O5S/c1-11(25)19-12(2)29-17-8-4-7-16(21(17)19)24-30(27,28)18-10-9-15-20-13(18)5-3-6-14(20)22(26)23-15/h3-10,24H,1-2H3,(H,23,26). The Balaban J connectivity index is 1.70. The third-order valence-corrected chi connectivity index (χ3v) is 6.69. The van der Waals surface area contributed by atoms with E-state index in [4.69, 9.17) is 4.42 Å². The van der Waals surface area contributed by atoms with Gasteiger partial charge in [0.25, 0.3) is 15.9 Å². The van der Waals surface area contributed by atoms with Crippen LogP contribution in [-0.4, -0.2) is 20.1 Å². The maximum atomic E-state index is 13.3. The number of sulfonamides is 1. The summed E-state index contributed by atoms with van der Waals surface area (Å²) in [5.41, 5.74) is 2.04. The van der Waals surface area contributed by atoms with Crippen LogP contribution in [0.4, 0.5) is 11.4 Å². The molecule has 0 fully saturated rings. The number of ketones is 1. The zero-order chi connectivity index (χ0) is 21.2. The van der Waals surface area contributed by atoms with E-state index in [1.165, 1.54) is 13.0 Å². The van der Waals surface area contributed by atoms with Crippen molar-refractivity contribution < 1.29 is 22.4 Å². The second kappa shape index (κ2) is 6.17. The van der Waals surface area contributed by atoms with Crippen molar-refractivity contribution in [2.75, 3.05) is 10.0 Å². The van der Waals surface area contributed by atoms with Gasteiger partial charge in [0.05, 0.1) is 21.5 Å². The maximum Gasteiger partial charge on any atom is 0.262 e. The molecule has 0 saturated heterocycles. The lowest BCUT2D eigenvalue weighted by Crippen LogP contribution is -2.14. The zero-order valence-corrected chi connectivity index (χ0v) is 16.9. The van der Waals surface area contributed by atoms with E-state index < -0.39 is 10.0 Å². The third kappa shape index (κ3) is 2.54. The summed E-state index contributed by atoms with van der Waals surface area (Å²) < 4.78 is 34.9. The Hall–Kier alpha value is -3.65. The molecule has 3 aromatic carbocycles. The van der Waals surface area contributed by atoms with Gasteiger partial charge in [-0.1, -0.05) is 18.2 Å². The van der Waals surface area contributed by atoms with Crippen LogP contribution in [0.2, 0.25) is 0 Å². The molecule has 30 heavy (non-hydrogen) atoms. The first-order valence-corrected chi connectivity index (χ1v) is 10.7. The highest BCUT2D eigenvalue weighted by Gasteiger charge is 2.27. The van der Waals surface area contributed by atoms with Gasteiger partial charge in [0, 0.05) is 22.0 Å². The smallest absolute Gasteiger partial charge is 0.262 e. The summed E-state index contributed by atoms with van der Waals surface area (Å²) in [7, 11) is -4.03. The largest absolute Gasteiger partial charge is 0.461 e. The van der Waals surface area contributed by atoms with Crippen molar-refractivity contribution in [2.24, 2.45) is 0 Å². The molecule has 0 aliphatic carbocycles. The first-order chi connectivity index (χ1) is 14.3. The summed E-state index contributed by atoms with van der Waals surface area (Å²) in [5.74, 6) is -0.0465. The minimum absolute atomic E-state index is 0.0428. The fourth-order valence-electron chi connectivity index (χ4n) is 4.07. The van der Waals surface area contributed by atoms with E-state index in [9.17, 15) is 18.0 Å². The van der Waals surface area contributed by atoms with Crippen molar-refractivity contribution >= 4 is 54.8 Å². The van der Waals surface area contributed by atoms with Crippen LogP contribution in [0, 0.1) is 6.92 Å². The van der Waals surface area contributed by atoms with Gasteiger partial charge in [-0.25, -0.2) is 8.42 Å². The summed E-state index contributed by atoms with van der Waals surface area (Å²) in [4.78, 5) is 24.3. The number of fused-ring (bicyclic) bond motifs is 1. The van der Waals surface area contributed by atoms with E-state index in [1.54, 1.807) is 49.4 Å². The van der Waals surface area contributed by atoms with Gasteiger partial charge in [-0.15, -0.1) is 0 Å². The number of carbonyl (C=O) groups is 2. The molecule has 1 aromatic heterocycles. The number of aryl methyl sites for hydroxylation is 1. The van der Waals surface area contributed by atoms with E-state index >= 15 is 0 Å². The van der Waals surface area contributed by atoms with E-state index in [-0.39, 0.29) is 22.3 Å². The number of furan rings is 1. The van der Waals surface area contributed by atoms with Gasteiger partial charge in [-0.05, 0) is 44.2 Å². The SMILES string of the molecule is CC(=O)c1c(C)oc2cccc(NS(=O)(=O)c3ccc4c5c(cccc35)C(=O)N4)c12. The van der Waals surface area contributed by atoms with E-state index in [2.05, 4.69) is 10.0 Å². The fraction of sp³-hybridized carbons (Fsp3) is 0.0909. The molecule has 0 atom stereocenters. The van der Waals surface area contributed by atoms with Crippen molar-refractivity contribution in [1.82, 2.24) is 0 Å². The van der Waals surface area contributed by atoms with Gasteiger partial charge in [-0.3, -0.25) is 14.3 Å². The predicted molar refractivity (Wildman–Crippen MR) is 114 cm³/mol. The summed E-state index contributed by atoms with van der Waals surface area (Å²) in [6.07, 6.45) is 0. The second-order valence-corrected chi connectivity index (χ2v) is 8.82. The molecule has 7 nitrogen and oxygen atoms in total. The lowest BCUT2D eigenvalue weighted by molar-refractivity contribution is 0.101. The van der Waals surface area contributed by atoms with Gasteiger partial charge >= 0.3 is 0 Å². The van der Waals surface area contributed by atoms with Crippen LogP contribution in [0.3, 0.4) is 0 Å². The quantitative estimate of drug-likeness (QED) is 0.474. The second-order valence-electron chi connectivity index (χ2n) is 7.17. The Bertz CT molecular complexity index is 1520. The molecule has 0 spiro atoms.